The van der Waals surface area contributed by atoms with Crippen molar-refractivity contribution in [2.75, 3.05) is 12.4 Å². The first-order valence-corrected chi connectivity index (χ1v) is 8.99. The summed E-state index contributed by atoms with van der Waals surface area (Å²) < 4.78 is 11.1. The Morgan fingerprint density at radius 1 is 1.21 bits per heavy atom. The van der Waals surface area contributed by atoms with Crippen LogP contribution in [-0.4, -0.2) is 29.1 Å². The van der Waals surface area contributed by atoms with Crippen LogP contribution in [0.25, 0.3) is 0 Å². The number of nitrogens with two attached hydrogens (primary N) is 1. The Labute approximate surface area is 172 Å². The third-order valence-corrected chi connectivity index (χ3v) is 4.55. The summed E-state index contributed by atoms with van der Waals surface area (Å²) in [6, 6.07) is 12.1. The van der Waals surface area contributed by atoms with Gasteiger partial charge in [-0.2, -0.15) is 5.10 Å². The monoisotopic (exact) mass is 414 g/mol. The lowest BCUT2D eigenvalue weighted by atomic mass is 10.1. The van der Waals surface area contributed by atoms with Crippen LogP contribution in [0.3, 0.4) is 0 Å². The summed E-state index contributed by atoms with van der Waals surface area (Å²) in [5, 5.41) is 9.67. The lowest BCUT2D eigenvalue weighted by Crippen LogP contribution is -2.18. The van der Waals surface area contributed by atoms with Crippen molar-refractivity contribution in [3.63, 3.8) is 0 Å². The van der Waals surface area contributed by atoms with E-state index in [4.69, 9.17) is 26.8 Å². The van der Waals surface area contributed by atoms with E-state index in [9.17, 15) is 9.59 Å². The van der Waals surface area contributed by atoms with Crippen LogP contribution >= 0.6 is 11.6 Å². The Morgan fingerprint density at radius 2 is 1.97 bits per heavy atom. The number of carbonyl (C=O) groups is 2. The van der Waals surface area contributed by atoms with Crippen LogP contribution in [0.5, 0.6) is 11.5 Å². The summed E-state index contributed by atoms with van der Waals surface area (Å²) in [6.45, 7) is 1.92. The number of nitrogens with one attached hydrogen (secondary N) is 2. The average Bonchev–Trinajstić information content (AvgIpc) is 3.07. The zero-order valence-electron chi connectivity index (χ0n) is 15.8. The standard InChI is InChI=1S/C20H19ClN4O4/c1-11-17(18(19(22)26)25-24-11)23-20(27)12-7-8-15(16(9-12)28-2)29-10-13-5-3-4-6-14(13)21/h3-9H,10H2,1-2H3,(H2,22,26)(H,23,27)(H,24,25). The Bertz CT molecular complexity index is 1060. The quantitative estimate of drug-likeness (QED) is 0.548. The largest absolute Gasteiger partial charge is 0.493 e. The SMILES string of the molecule is COc1cc(C(=O)Nc2c(C(N)=O)n[nH]c2C)ccc1OCc1ccccc1Cl. The van der Waals surface area contributed by atoms with Crippen molar-refractivity contribution in [3.8, 4) is 11.5 Å². The van der Waals surface area contributed by atoms with Crippen molar-refractivity contribution >= 4 is 29.1 Å². The molecular weight excluding hydrogens is 396 g/mol. The highest BCUT2D eigenvalue weighted by Gasteiger charge is 2.19. The molecule has 3 aromatic rings. The predicted molar refractivity (Wildman–Crippen MR) is 109 cm³/mol. The van der Waals surface area contributed by atoms with Crippen molar-refractivity contribution in [1.29, 1.82) is 0 Å². The smallest absolute Gasteiger partial charge is 0.271 e. The number of aryl methyl sites for hydroxylation is 1. The molecule has 2 amide bonds. The lowest BCUT2D eigenvalue weighted by molar-refractivity contribution is 0.0996. The predicted octanol–water partition coefficient (Wildman–Crippen LogP) is 3.31. The number of primary amides is 1. The molecule has 8 nitrogen and oxygen atoms in total. The van der Waals surface area contributed by atoms with Gasteiger partial charge in [-0.1, -0.05) is 29.8 Å². The van der Waals surface area contributed by atoms with E-state index in [2.05, 4.69) is 15.5 Å². The highest BCUT2D eigenvalue weighted by atomic mass is 35.5. The summed E-state index contributed by atoms with van der Waals surface area (Å²) >= 11 is 6.14. The number of aromatic nitrogens is 2. The zero-order valence-corrected chi connectivity index (χ0v) is 16.5. The third kappa shape index (κ3) is 4.49. The molecular formula is C20H19ClN4O4. The summed E-state index contributed by atoms with van der Waals surface area (Å²) in [7, 11) is 1.48. The van der Waals surface area contributed by atoms with E-state index in [1.165, 1.54) is 13.2 Å². The number of hydrogen-bond donors (Lipinski definition) is 3. The van der Waals surface area contributed by atoms with E-state index in [1.54, 1.807) is 25.1 Å². The molecule has 150 valence electrons. The van der Waals surface area contributed by atoms with Crippen molar-refractivity contribution < 1.29 is 19.1 Å². The molecule has 29 heavy (non-hydrogen) atoms. The molecule has 0 radical (unpaired) electrons. The fourth-order valence-corrected chi connectivity index (χ4v) is 2.84. The van der Waals surface area contributed by atoms with Crippen LogP contribution < -0.4 is 20.5 Å². The second-order valence-corrected chi connectivity index (χ2v) is 6.54. The normalized spacial score (nSPS) is 10.4. The maximum absolute atomic E-state index is 12.6. The number of anilines is 1. The highest BCUT2D eigenvalue weighted by molar-refractivity contribution is 6.31. The number of hydrogen-bond acceptors (Lipinski definition) is 5. The maximum Gasteiger partial charge on any atom is 0.271 e. The minimum atomic E-state index is -0.745. The Hall–Kier alpha value is -3.52. The number of amides is 2. The minimum Gasteiger partial charge on any atom is -0.493 e. The van der Waals surface area contributed by atoms with Gasteiger partial charge in [-0.05, 0) is 31.2 Å². The van der Waals surface area contributed by atoms with Gasteiger partial charge in [0, 0.05) is 16.1 Å². The Morgan fingerprint density at radius 3 is 2.66 bits per heavy atom. The maximum atomic E-state index is 12.6. The number of carbonyl (C=O) groups excluding carboxylic acids is 2. The molecule has 0 saturated carbocycles. The second kappa shape index (κ2) is 8.66. The number of benzene rings is 2. The van der Waals surface area contributed by atoms with Gasteiger partial charge in [0.1, 0.15) is 6.61 Å². The molecule has 0 fully saturated rings. The van der Waals surface area contributed by atoms with E-state index >= 15 is 0 Å². The summed E-state index contributed by atoms with van der Waals surface area (Å²) in [5.74, 6) is -0.358. The number of nitrogens with zero attached hydrogens (tertiary/aromatic N) is 1. The van der Waals surface area contributed by atoms with E-state index in [1.807, 2.05) is 18.2 Å². The first-order chi connectivity index (χ1) is 13.9. The van der Waals surface area contributed by atoms with Gasteiger partial charge in [0.2, 0.25) is 0 Å². The van der Waals surface area contributed by atoms with Crippen LogP contribution in [0.4, 0.5) is 5.69 Å². The summed E-state index contributed by atoms with van der Waals surface area (Å²) in [4.78, 5) is 24.1. The number of methoxy groups -OCH3 is 1. The van der Waals surface area contributed by atoms with Gasteiger partial charge in [0.05, 0.1) is 18.5 Å². The summed E-state index contributed by atoms with van der Waals surface area (Å²) in [6.07, 6.45) is 0. The van der Waals surface area contributed by atoms with Gasteiger partial charge in [-0.3, -0.25) is 14.7 Å². The topological polar surface area (TPSA) is 119 Å². The first-order valence-electron chi connectivity index (χ1n) is 8.61. The van der Waals surface area contributed by atoms with E-state index < -0.39 is 11.8 Å². The van der Waals surface area contributed by atoms with Crippen LogP contribution in [0.15, 0.2) is 42.5 Å². The van der Waals surface area contributed by atoms with Crippen molar-refractivity contribution in [2.24, 2.45) is 5.73 Å². The molecule has 0 spiro atoms. The molecule has 0 saturated heterocycles. The molecule has 0 atom stereocenters. The lowest BCUT2D eigenvalue weighted by Gasteiger charge is -2.13. The van der Waals surface area contributed by atoms with Gasteiger partial charge in [-0.15, -0.1) is 0 Å². The van der Waals surface area contributed by atoms with E-state index in [0.717, 1.165) is 5.56 Å². The zero-order chi connectivity index (χ0) is 21.0. The van der Waals surface area contributed by atoms with Gasteiger partial charge in [0.15, 0.2) is 17.2 Å². The minimum absolute atomic E-state index is 0.0393. The molecule has 9 heteroatoms. The number of H-pyrrole nitrogens is 1. The molecule has 1 heterocycles. The van der Waals surface area contributed by atoms with Crippen molar-refractivity contribution in [3.05, 3.63) is 70.0 Å². The highest BCUT2D eigenvalue weighted by Crippen LogP contribution is 2.30. The molecule has 1 aromatic heterocycles. The Balaban J connectivity index is 1.78. The molecule has 0 aliphatic carbocycles. The van der Waals surface area contributed by atoms with E-state index in [-0.39, 0.29) is 18.0 Å². The first kappa shape index (κ1) is 20.2. The molecule has 0 bridgehead atoms. The number of ether oxygens (including phenoxy) is 2. The van der Waals surface area contributed by atoms with Crippen LogP contribution in [-0.2, 0) is 6.61 Å². The molecule has 3 rings (SSSR count). The van der Waals surface area contributed by atoms with Gasteiger partial charge in [-0.25, -0.2) is 0 Å². The van der Waals surface area contributed by atoms with Crippen LogP contribution in [0.1, 0.15) is 32.1 Å². The molecule has 2 aromatic carbocycles. The Kier molecular flexibility index (Phi) is 6.04. The van der Waals surface area contributed by atoms with E-state index in [0.29, 0.717) is 27.8 Å². The average molecular weight is 415 g/mol. The number of aromatic amines is 1. The molecule has 0 unspecified atom stereocenters. The number of rotatable bonds is 7. The summed E-state index contributed by atoms with van der Waals surface area (Å²) in [5.41, 5.74) is 7.13. The van der Waals surface area contributed by atoms with Crippen molar-refractivity contribution in [2.45, 2.75) is 13.5 Å². The molecule has 4 N–H and O–H groups in total. The fourth-order valence-electron chi connectivity index (χ4n) is 2.65. The van der Waals surface area contributed by atoms with Gasteiger partial charge >= 0.3 is 0 Å². The molecule has 0 aliphatic rings. The van der Waals surface area contributed by atoms with Crippen molar-refractivity contribution in [1.82, 2.24) is 10.2 Å². The van der Waals surface area contributed by atoms with Crippen LogP contribution in [0.2, 0.25) is 5.02 Å². The third-order valence-electron chi connectivity index (χ3n) is 4.19. The van der Waals surface area contributed by atoms with Crippen LogP contribution in [0, 0.1) is 6.92 Å². The van der Waals surface area contributed by atoms with Gasteiger partial charge < -0.3 is 20.5 Å². The number of halogens is 1. The van der Waals surface area contributed by atoms with Gasteiger partial charge in [0.25, 0.3) is 11.8 Å². The molecule has 0 aliphatic heterocycles. The fraction of sp³-hybridized carbons (Fsp3) is 0.150. The second-order valence-electron chi connectivity index (χ2n) is 6.14.